The van der Waals surface area contributed by atoms with Crippen LogP contribution in [0.2, 0.25) is 0 Å². The second-order valence-electron chi connectivity index (χ2n) is 4.85. The van der Waals surface area contributed by atoms with Crippen LogP contribution in [-0.4, -0.2) is 31.2 Å². The number of nitrogens with one attached hydrogen (secondary N) is 1. The van der Waals surface area contributed by atoms with Crippen molar-refractivity contribution in [3.8, 4) is 5.75 Å². The smallest absolute Gasteiger partial charge is 0.122 e. The fourth-order valence-electron chi connectivity index (χ4n) is 2.18. The number of rotatable bonds is 9. The molecule has 3 heteroatoms. The van der Waals surface area contributed by atoms with Crippen LogP contribution in [0.25, 0.3) is 0 Å². The van der Waals surface area contributed by atoms with Crippen LogP contribution in [0.3, 0.4) is 0 Å². The molecule has 0 aliphatic carbocycles. The van der Waals surface area contributed by atoms with Gasteiger partial charge in [-0.2, -0.15) is 11.8 Å². The minimum Gasteiger partial charge on any atom is -0.496 e. The maximum Gasteiger partial charge on any atom is 0.122 e. The highest BCUT2D eigenvalue weighted by Crippen LogP contribution is 2.22. The first-order valence-electron chi connectivity index (χ1n) is 7.15. The molecule has 19 heavy (non-hydrogen) atoms. The van der Waals surface area contributed by atoms with E-state index in [0.717, 1.165) is 18.7 Å². The summed E-state index contributed by atoms with van der Waals surface area (Å²) in [5, 5.41) is 3.58. The van der Waals surface area contributed by atoms with E-state index in [-0.39, 0.29) is 0 Å². The van der Waals surface area contributed by atoms with Gasteiger partial charge in [-0.3, -0.25) is 0 Å². The molecule has 0 saturated carbocycles. The predicted molar refractivity (Wildman–Crippen MR) is 86.5 cm³/mol. The van der Waals surface area contributed by atoms with Crippen molar-refractivity contribution in [3.63, 3.8) is 0 Å². The van der Waals surface area contributed by atoms with Gasteiger partial charge in [0, 0.05) is 11.8 Å². The first-order valence-corrected chi connectivity index (χ1v) is 8.31. The van der Waals surface area contributed by atoms with Crippen molar-refractivity contribution in [2.45, 2.75) is 39.7 Å². The van der Waals surface area contributed by atoms with Crippen molar-refractivity contribution in [1.82, 2.24) is 5.32 Å². The maximum atomic E-state index is 5.47. The second-order valence-corrected chi connectivity index (χ2v) is 6.00. The van der Waals surface area contributed by atoms with Crippen molar-refractivity contribution in [2.75, 3.05) is 25.2 Å². The van der Waals surface area contributed by atoms with E-state index in [4.69, 9.17) is 4.74 Å². The molecule has 0 amide bonds. The zero-order chi connectivity index (χ0) is 14.1. The van der Waals surface area contributed by atoms with Crippen LogP contribution in [0.5, 0.6) is 5.75 Å². The molecule has 0 heterocycles. The lowest BCUT2D eigenvalue weighted by Gasteiger charge is -2.19. The zero-order valence-corrected chi connectivity index (χ0v) is 13.5. The van der Waals surface area contributed by atoms with Crippen molar-refractivity contribution in [1.29, 1.82) is 0 Å². The summed E-state index contributed by atoms with van der Waals surface area (Å²) in [6, 6.07) is 6.95. The molecule has 0 saturated heterocycles. The molecule has 1 aromatic carbocycles. The summed E-state index contributed by atoms with van der Waals surface area (Å²) in [7, 11) is 1.75. The van der Waals surface area contributed by atoms with Gasteiger partial charge in [-0.1, -0.05) is 31.5 Å². The third-order valence-electron chi connectivity index (χ3n) is 3.06. The van der Waals surface area contributed by atoms with Crippen LogP contribution in [0, 0.1) is 6.92 Å². The van der Waals surface area contributed by atoms with E-state index in [1.165, 1.54) is 29.1 Å². The molecule has 0 aliphatic heterocycles. The molecule has 1 rings (SSSR count). The Bertz CT molecular complexity index is 368. The third kappa shape index (κ3) is 5.87. The van der Waals surface area contributed by atoms with Gasteiger partial charge in [-0.15, -0.1) is 0 Å². The minimum absolute atomic E-state index is 0.525. The molecule has 0 aromatic heterocycles. The number of methoxy groups -OCH3 is 1. The summed E-state index contributed by atoms with van der Waals surface area (Å²) in [6.45, 7) is 7.56. The molecular formula is C16H27NOS. The number of likely N-dealkylation sites (N-methyl/N-ethyl adjacent to an activating group) is 1. The Morgan fingerprint density at radius 2 is 2.11 bits per heavy atom. The van der Waals surface area contributed by atoms with E-state index in [0.29, 0.717) is 6.04 Å². The number of hydrogen-bond donors (Lipinski definition) is 1. The molecule has 0 aliphatic rings. The number of benzene rings is 1. The van der Waals surface area contributed by atoms with Gasteiger partial charge >= 0.3 is 0 Å². The lowest BCUT2D eigenvalue weighted by molar-refractivity contribution is 0.406. The highest BCUT2D eigenvalue weighted by Gasteiger charge is 2.12. The van der Waals surface area contributed by atoms with Crippen molar-refractivity contribution in [3.05, 3.63) is 29.3 Å². The van der Waals surface area contributed by atoms with Gasteiger partial charge in [0.1, 0.15) is 5.75 Å². The normalized spacial score (nSPS) is 12.4. The molecule has 0 radical (unpaired) electrons. The number of hydrogen-bond acceptors (Lipinski definition) is 3. The second kappa shape index (κ2) is 9.27. The van der Waals surface area contributed by atoms with E-state index in [1.54, 1.807) is 7.11 Å². The molecule has 1 unspecified atom stereocenters. The molecule has 2 nitrogen and oxygen atoms in total. The van der Waals surface area contributed by atoms with Gasteiger partial charge in [-0.25, -0.2) is 0 Å². The summed E-state index contributed by atoms with van der Waals surface area (Å²) in [6.07, 6.45) is 2.28. The van der Waals surface area contributed by atoms with Gasteiger partial charge in [0.15, 0.2) is 0 Å². The van der Waals surface area contributed by atoms with E-state index < -0.39 is 0 Å². The third-order valence-corrected chi connectivity index (χ3v) is 4.40. The van der Waals surface area contributed by atoms with Crippen LogP contribution in [0.4, 0.5) is 0 Å². The highest BCUT2D eigenvalue weighted by molar-refractivity contribution is 7.99. The largest absolute Gasteiger partial charge is 0.496 e. The Labute approximate surface area is 122 Å². The maximum absolute atomic E-state index is 5.47. The highest BCUT2D eigenvalue weighted by atomic mass is 32.2. The summed E-state index contributed by atoms with van der Waals surface area (Å²) in [5.41, 5.74) is 2.61. The van der Waals surface area contributed by atoms with Crippen molar-refractivity contribution < 1.29 is 4.74 Å². The Kier molecular flexibility index (Phi) is 7.99. The van der Waals surface area contributed by atoms with Crippen LogP contribution < -0.4 is 10.1 Å². The number of thioether (sulfide) groups is 1. The SMILES string of the molecule is CCCSCC(Cc1cc(C)ccc1OC)NCC. The van der Waals surface area contributed by atoms with E-state index >= 15 is 0 Å². The quantitative estimate of drug-likeness (QED) is 0.698. The Balaban J connectivity index is 2.68. The summed E-state index contributed by atoms with van der Waals surface area (Å²) in [4.78, 5) is 0. The molecule has 0 fully saturated rings. The standard InChI is InChI=1S/C16H27NOS/c1-5-9-19-12-15(17-6-2)11-14-10-13(3)7-8-16(14)18-4/h7-8,10,15,17H,5-6,9,11-12H2,1-4H3. The fourth-order valence-corrected chi connectivity index (χ4v) is 3.16. The molecule has 1 aromatic rings. The lowest BCUT2D eigenvalue weighted by atomic mass is 10.0. The molecular weight excluding hydrogens is 254 g/mol. The lowest BCUT2D eigenvalue weighted by Crippen LogP contribution is -2.33. The molecule has 108 valence electrons. The summed E-state index contributed by atoms with van der Waals surface area (Å²) in [5.74, 6) is 3.42. The first kappa shape index (κ1) is 16.4. The van der Waals surface area contributed by atoms with Crippen molar-refractivity contribution in [2.24, 2.45) is 0 Å². The summed E-state index contributed by atoms with van der Waals surface area (Å²) >= 11 is 2.03. The van der Waals surface area contributed by atoms with Gasteiger partial charge < -0.3 is 10.1 Å². The average Bonchev–Trinajstić information content (AvgIpc) is 2.39. The number of aryl methyl sites for hydroxylation is 1. The van der Waals surface area contributed by atoms with E-state index in [9.17, 15) is 0 Å². The van der Waals surface area contributed by atoms with Crippen LogP contribution >= 0.6 is 11.8 Å². The van der Waals surface area contributed by atoms with Gasteiger partial charge in [0.05, 0.1) is 7.11 Å². The average molecular weight is 281 g/mol. The van der Waals surface area contributed by atoms with Crippen LogP contribution in [-0.2, 0) is 6.42 Å². The van der Waals surface area contributed by atoms with Crippen molar-refractivity contribution >= 4 is 11.8 Å². The molecule has 1 atom stereocenters. The Morgan fingerprint density at radius 3 is 2.74 bits per heavy atom. The van der Waals surface area contributed by atoms with Gasteiger partial charge in [0.25, 0.3) is 0 Å². The van der Waals surface area contributed by atoms with E-state index in [2.05, 4.69) is 44.3 Å². The molecule has 1 N–H and O–H groups in total. The summed E-state index contributed by atoms with van der Waals surface area (Å²) < 4.78 is 5.47. The Morgan fingerprint density at radius 1 is 1.32 bits per heavy atom. The van der Waals surface area contributed by atoms with E-state index in [1.807, 2.05) is 11.8 Å². The fraction of sp³-hybridized carbons (Fsp3) is 0.625. The van der Waals surface area contributed by atoms with Crippen LogP contribution in [0.15, 0.2) is 18.2 Å². The zero-order valence-electron chi connectivity index (χ0n) is 12.7. The number of ether oxygens (including phenoxy) is 1. The topological polar surface area (TPSA) is 21.3 Å². The molecule has 0 spiro atoms. The van der Waals surface area contributed by atoms with Gasteiger partial charge in [-0.05, 0) is 43.7 Å². The monoisotopic (exact) mass is 281 g/mol. The minimum atomic E-state index is 0.525. The first-order chi connectivity index (χ1) is 9.21. The van der Waals surface area contributed by atoms with Crippen LogP contribution in [0.1, 0.15) is 31.4 Å². The predicted octanol–water partition coefficient (Wildman–Crippen LogP) is 3.67. The van der Waals surface area contributed by atoms with Gasteiger partial charge in [0.2, 0.25) is 0 Å². The molecule has 0 bridgehead atoms. The Hall–Kier alpha value is -0.670.